The molecular formula is C26H23NO4S. The normalized spacial score (nSPS) is 11.9. The van der Waals surface area contributed by atoms with E-state index in [1.807, 2.05) is 72.8 Å². The summed E-state index contributed by atoms with van der Waals surface area (Å²) in [6, 6.07) is 28.1. The number of benzene rings is 4. The molecule has 162 valence electrons. The third kappa shape index (κ3) is 4.88. The third-order valence-electron chi connectivity index (χ3n) is 5.42. The second-order valence-corrected chi connectivity index (χ2v) is 8.37. The van der Waals surface area contributed by atoms with Crippen molar-refractivity contribution in [1.82, 2.24) is 0 Å². The quantitative estimate of drug-likeness (QED) is 0.327. The van der Waals surface area contributed by atoms with Gasteiger partial charge >= 0.3 is 5.97 Å². The van der Waals surface area contributed by atoms with Gasteiger partial charge in [0.05, 0.1) is 16.9 Å². The topological polar surface area (TPSA) is 77.8 Å². The highest BCUT2D eigenvalue weighted by Crippen LogP contribution is 2.32. The van der Waals surface area contributed by atoms with Gasteiger partial charge in [0, 0.05) is 0 Å². The minimum atomic E-state index is -2.24. The molecule has 0 radical (unpaired) electrons. The van der Waals surface area contributed by atoms with E-state index in [-0.39, 0.29) is 5.56 Å². The maximum absolute atomic E-state index is 12.4. The average Bonchev–Trinajstić information content (AvgIpc) is 2.80. The molecule has 4 aromatic carbocycles. The van der Waals surface area contributed by atoms with Crippen molar-refractivity contribution in [3.63, 3.8) is 0 Å². The van der Waals surface area contributed by atoms with Gasteiger partial charge in [-0.1, -0.05) is 60.7 Å². The van der Waals surface area contributed by atoms with Crippen LogP contribution >= 0.6 is 0 Å². The Morgan fingerprint density at radius 1 is 0.812 bits per heavy atom. The molecule has 0 bridgehead atoms. The summed E-state index contributed by atoms with van der Waals surface area (Å²) in [6.45, 7) is 0. The molecule has 4 rings (SSSR count). The predicted molar refractivity (Wildman–Crippen MR) is 129 cm³/mol. The van der Waals surface area contributed by atoms with Crippen LogP contribution in [0, 0.1) is 0 Å². The molecule has 0 heterocycles. The molecule has 4 aromatic rings. The zero-order valence-electron chi connectivity index (χ0n) is 17.3. The molecule has 0 saturated heterocycles. The zero-order chi connectivity index (χ0) is 22.5. The van der Waals surface area contributed by atoms with E-state index in [0.717, 1.165) is 28.3 Å². The molecule has 0 spiro atoms. The number of fused-ring (bicyclic) bond motifs is 1. The lowest BCUT2D eigenvalue weighted by Crippen LogP contribution is -2.20. The first kappa shape index (κ1) is 21.7. The number of carboxylic acid groups (broad SMARTS) is 1. The highest BCUT2D eigenvalue weighted by molar-refractivity contribution is 7.81. The van der Waals surface area contributed by atoms with E-state index in [2.05, 4.69) is 0 Å². The molecule has 0 aliphatic heterocycles. The maximum atomic E-state index is 12.4. The van der Waals surface area contributed by atoms with E-state index in [0.29, 0.717) is 24.2 Å². The molecule has 32 heavy (non-hydrogen) atoms. The van der Waals surface area contributed by atoms with Crippen LogP contribution < -0.4 is 4.31 Å². The van der Waals surface area contributed by atoms with Gasteiger partial charge in [-0.2, -0.15) is 0 Å². The van der Waals surface area contributed by atoms with Crippen molar-refractivity contribution in [2.45, 2.75) is 19.3 Å². The summed E-state index contributed by atoms with van der Waals surface area (Å²) in [4.78, 5) is 11.2. The van der Waals surface area contributed by atoms with Gasteiger partial charge in [0.25, 0.3) is 11.3 Å². The Morgan fingerprint density at radius 2 is 1.56 bits per heavy atom. The zero-order valence-corrected chi connectivity index (χ0v) is 18.2. The van der Waals surface area contributed by atoms with Crippen molar-refractivity contribution in [1.29, 1.82) is 0 Å². The second-order valence-electron chi connectivity index (χ2n) is 7.54. The summed E-state index contributed by atoms with van der Waals surface area (Å²) in [5, 5.41) is 11.2. The van der Waals surface area contributed by atoms with Crippen molar-refractivity contribution in [2.24, 2.45) is 0 Å². The Labute approximate surface area is 189 Å². The van der Waals surface area contributed by atoms with Gasteiger partial charge in [0.2, 0.25) is 0 Å². The lowest BCUT2D eigenvalue weighted by molar-refractivity contribution is 0.0696. The number of aryl methyl sites for hydroxylation is 2. The monoisotopic (exact) mass is 445 g/mol. The van der Waals surface area contributed by atoms with E-state index >= 15 is 0 Å². The van der Waals surface area contributed by atoms with Gasteiger partial charge in [-0.05, 0) is 71.5 Å². The van der Waals surface area contributed by atoms with Crippen LogP contribution in [-0.2, 0) is 24.1 Å². The fourth-order valence-electron chi connectivity index (χ4n) is 3.88. The summed E-state index contributed by atoms with van der Waals surface area (Å²) in [6.07, 6.45) is 2.19. The summed E-state index contributed by atoms with van der Waals surface area (Å²) in [7, 11) is 0. The summed E-state index contributed by atoms with van der Waals surface area (Å²) >= 11 is -2.24. The number of rotatable bonds is 8. The maximum Gasteiger partial charge on any atom is 0.335 e. The lowest BCUT2D eigenvalue weighted by atomic mass is 10.0. The first-order valence-electron chi connectivity index (χ1n) is 10.3. The molecular weight excluding hydrogens is 422 g/mol. The van der Waals surface area contributed by atoms with Crippen molar-refractivity contribution in [3.8, 4) is 0 Å². The first-order chi connectivity index (χ1) is 15.5. The van der Waals surface area contributed by atoms with Crippen LogP contribution in [0.4, 0.5) is 11.4 Å². The van der Waals surface area contributed by atoms with Crippen molar-refractivity contribution in [3.05, 3.63) is 108 Å². The number of hydrogen-bond donors (Lipinski definition) is 2. The largest absolute Gasteiger partial charge is 0.478 e. The van der Waals surface area contributed by atoms with Crippen molar-refractivity contribution >= 4 is 39.4 Å². The molecule has 0 aliphatic carbocycles. The molecule has 6 heteroatoms. The standard InChI is InChI=1S/C26H23NO4S/c28-26(29)23-13-6-8-19(17-23)7-5-12-21-10-3-4-14-25(21)27(32(30)31)24-16-15-20-9-1-2-11-22(20)18-24/h1-4,6,8-11,13-18H,5,7,12H2,(H,28,29)(H,30,31). The van der Waals surface area contributed by atoms with E-state index in [4.69, 9.17) is 0 Å². The SMILES string of the molecule is O=C(O)c1cccc(CCCc2ccccc2N(c2ccc3ccccc3c2)S(=O)O)c1. The van der Waals surface area contributed by atoms with Gasteiger partial charge in [-0.15, -0.1) is 0 Å². The smallest absolute Gasteiger partial charge is 0.335 e. The molecule has 5 nitrogen and oxygen atoms in total. The molecule has 1 unspecified atom stereocenters. The summed E-state index contributed by atoms with van der Waals surface area (Å²) < 4.78 is 23.9. The molecule has 2 N–H and O–H groups in total. The molecule has 0 aromatic heterocycles. The Morgan fingerprint density at radius 3 is 2.34 bits per heavy atom. The fraction of sp³-hybridized carbons (Fsp3) is 0.115. The first-order valence-corrected chi connectivity index (χ1v) is 11.4. The third-order valence-corrected chi connectivity index (χ3v) is 6.14. The van der Waals surface area contributed by atoms with E-state index in [1.165, 1.54) is 4.31 Å². The predicted octanol–water partition coefficient (Wildman–Crippen LogP) is 5.99. The molecule has 1 atom stereocenters. The molecule has 0 saturated carbocycles. The van der Waals surface area contributed by atoms with Gasteiger partial charge in [-0.25, -0.2) is 13.3 Å². The second kappa shape index (κ2) is 9.77. The number of aromatic carboxylic acids is 1. The number of carboxylic acids is 1. The minimum Gasteiger partial charge on any atom is -0.478 e. The molecule has 0 fully saturated rings. The Balaban J connectivity index is 1.58. The molecule has 0 aliphatic rings. The van der Waals surface area contributed by atoms with Crippen LogP contribution in [0.15, 0.2) is 91.0 Å². The lowest BCUT2D eigenvalue weighted by Gasteiger charge is -2.23. The van der Waals surface area contributed by atoms with Crippen LogP contribution in [0.1, 0.15) is 27.9 Å². The number of anilines is 2. The van der Waals surface area contributed by atoms with Gasteiger partial charge < -0.3 is 5.11 Å². The number of carbonyl (C=O) groups is 1. The summed E-state index contributed by atoms with van der Waals surface area (Å²) in [5.74, 6) is -0.936. The fourth-order valence-corrected chi connectivity index (χ4v) is 4.52. The van der Waals surface area contributed by atoms with Crippen LogP contribution in [0.5, 0.6) is 0 Å². The highest BCUT2D eigenvalue weighted by Gasteiger charge is 2.18. The van der Waals surface area contributed by atoms with Gasteiger partial charge in [-0.3, -0.25) is 4.55 Å². The van der Waals surface area contributed by atoms with E-state index in [9.17, 15) is 18.7 Å². The van der Waals surface area contributed by atoms with Gasteiger partial charge in [0.1, 0.15) is 0 Å². The van der Waals surface area contributed by atoms with E-state index < -0.39 is 17.2 Å². The highest BCUT2D eigenvalue weighted by atomic mass is 32.2. The number of nitrogens with zero attached hydrogens (tertiary/aromatic N) is 1. The van der Waals surface area contributed by atoms with Crippen LogP contribution in [-0.4, -0.2) is 19.8 Å². The Hall–Kier alpha value is -3.48. The number of para-hydroxylation sites is 1. The number of hydrogen-bond acceptors (Lipinski definition) is 2. The van der Waals surface area contributed by atoms with Crippen LogP contribution in [0.3, 0.4) is 0 Å². The summed E-state index contributed by atoms with van der Waals surface area (Å²) in [5.41, 5.74) is 3.52. The molecule has 0 amide bonds. The van der Waals surface area contributed by atoms with Crippen LogP contribution in [0.2, 0.25) is 0 Å². The minimum absolute atomic E-state index is 0.279. The Bertz CT molecular complexity index is 1290. The Kier molecular flexibility index (Phi) is 6.63. The van der Waals surface area contributed by atoms with Crippen LogP contribution in [0.25, 0.3) is 10.8 Å². The average molecular weight is 446 g/mol. The van der Waals surface area contributed by atoms with E-state index in [1.54, 1.807) is 18.2 Å². The van der Waals surface area contributed by atoms with Gasteiger partial charge in [0.15, 0.2) is 0 Å². The van der Waals surface area contributed by atoms with Crippen molar-refractivity contribution in [2.75, 3.05) is 4.31 Å². The van der Waals surface area contributed by atoms with Crippen molar-refractivity contribution < 1.29 is 18.7 Å².